The summed E-state index contributed by atoms with van der Waals surface area (Å²) in [6.07, 6.45) is 0.971. The molecule has 4 rings (SSSR count). The number of halogens is 1. The van der Waals surface area contributed by atoms with Gasteiger partial charge in [0.05, 0.1) is 0 Å². The fourth-order valence-electron chi connectivity index (χ4n) is 4.10. The minimum atomic E-state index is -0.712. The highest BCUT2D eigenvalue weighted by Gasteiger charge is 2.29. The van der Waals surface area contributed by atoms with E-state index in [0.29, 0.717) is 31.7 Å². The van der Waals surface area contributed by atoms with Gasteiger partial charge in [-0.15, -0.1) is 0 Å². The van der Waals surface area contributed by atoms with E-state index in [1.165, 1.54) is 23.3 Å². The zero-order chi connectivity index (χ0) is 20.4. The summed E-state index contributed by atoms with van der Waals surface area (Å²) in [5, 5.41) is 24.1. The Kier molecular flexibility index (Phi) is 6.04. The van der Waals surface area contributed by atoms with Gasteiger partial charge in [-0.05, 0) is 68.0 Å². The van der Waals surface area contributed by atoms with E-state index in [1.54, 1.807) is 6.07 Å². The average molecular weight is 401 g/mol. The van der Waals surface area contributed by atoms with Gasteiger partial charge in [-0.1, -0.05) is 17.7 Å². The number of aryl methyl sites for hydroxylation is 3. The first kappa shape index (κ1) is 20.1. The van der Waals surface area contributed by atoms with E-state index in [1.807, 2.05) is 12.1 Å². The molecule has 0 saturated carbocycles. The number of aliphatic hydroxyl groups is 2. The summed E-state index contributed by atoms with van der Waals surface area (Å²) in [5.74, 6) is 1.20. The molecule has 4 atom stereocenters. The van der Waals surface area contributed by atoms with Gasteiger partial charge in [0.15, 0.2) is 0 Å². The third-order valence-electron chi connectivity index (χ3n) is 5.76. The van der Waals surface area contributed by atoms with Crippen LogP contribution in [0.5, 0.6) is 11.5 Å². The second-order valence-electron chi connectivity index (χ2n) is 8.05. The normalized spacial score (nSPS) is 22.6. The number of nitrogens with one attached hydrogen (secondary N) is 1. The molecule has 2 heterocycles. The average Bonchev–Trinajstić information content (AvgIpc) is 2.72. The van der Waals surface area contributed by atoms with Crippen LogP contribution in [-0.2, 0) is 12.8 Å². The molecule has 0 spiro atoms. The van der Waals surface area contributed by atoms with Crippen LogP contribution >= 0.6 is 0 Å². The fraction of sp³-hybridized carbons (Fsp3) is 0.478. The van der Waals surface area contributed by atoms with Crippen LogP contribution < -0.4 is 14.8 Å². The Balaban J connectivity index is 1.24. The molecule has 3 N–H and O–H groups in total. The van der Waals surface area contributed by atoms with Gasteiger partial charge in [0.2, 0.25) is 0 Å². The highest BCUT2D eigenvalue weighted by Crippen LogP contribution is 2.30. The van der Waals surface area contributed by atoms with E-state index in [-0.39, 0.29) is 18.0 Å². The van der Waals surface area contributed by atoms with E-state index in [9.17, 15) is 14.6 Å². The lowest BCUT2D eigenvalue weighted by atomic mass is 9.97. The number of ether oxygens (including phenoxy) is 2. The summed E-state index contributed by atoms with van der Waals surface area (Å²) < 4.78 is 25.1. The lowest BCUT2D eigenvalue weighted by Crippen LogP contribution is -2.46. The predicted octanol–water partition coefficient (Wildman–Crippen LogP) is 2.53. The maximum atomic E-state index is 13.3. The molecule has 2 aromatic rings. The molecule has 0 fully saturated rings. The first-order valence-corrected chi connectivity index (χ1v) is 10.3. The van der Waals surface area contributed by atoms with Gasteiger partial charge in [-0.25, -0.2) is 4.39 Å². The maximum Gasteiger partial charge on any atom is 0.126 e. The molecule has 0 amide bonds. The Morgan fingerprint density at radius 2 is 1.48 bits per heavy atom. The number of hydrogen-bond donors (Lipinski definition) is 3. The van der Waals surface area contributed by atoms with Crippen LogP contribution in [0.15, 0.2) is 36.4 Å². The van der Waals surface area contributed by atoms with Gasteiger partial charge in [0.25, 0.3) is 0 Å². The van der Waals surface area contributed by atoms with Crippen molar-refractivity contribution in [2.24, 2.45) is 0 Å². The smallest absolute Gasteiger partial charge is 0.126 e. The van der Waals surface area contributed by atoms with Crippen LogP contribution in [0.1, 0.15) is 29.5 Å². The summed E-state index contributed by atoms with van der Waals surface area (Å²) in [5.41, 5.74) is 3.23. The third kappa shape index (κ3) is 4.71. The molecule has 5 nitrogen and oxygen atoms in total. The van der Waals surface area contributed by atoms with Crippen LogP contribution in [0.25, 0.3) is 0 Å². The fourth-order valence-corrected chi connectivity index (χ4v) is 4.10. The third-order valence-corrected chi connectivity index (χ3v) is 5.76. The molecule has 0 saturated heterocycles. The Hall–Kier alpha value is -2.15. The van der Waals surface area contributed by atoms with Gasteiger partial charge in [-0.3, -0.25) is 0 Å². The first-order valence-electron chi connectivity index (χ1n) is 10.3. The molecule has 0 aliphatic carbocycles. The zero-order valence-corrected chi connectivity index (χ0v) is 16.6. The van der Waals surface area contributed by atoms with Gasteiger partial charge in [-0.2, -0.15) is 0 Å². The maximum absolute atomic E-state index is 13.3. The standard InChI is InChI=1S/C23H28FNO4/c1-14-2-6-20-15(10-14)3-7-22(28-20)18(26)12-25-13-19(27)23-8-4-16-11-17(24)5-9-21(16)29-23/h2,5-6,9-11,18-19,22-23,25-27H,3-4,7-8,12-13H2,1H3/t18?,19-,22-,23-/m1/s1. The van der Waals surface area contributed by atoms with Crippen molar-refractivity contribution in [1.82, 2.24) is 5.32 Å². The van der Waals surface area contributed by atoms with Crippen LogP contribution in [0.2, 0.25) is 0 Å². The van der Waals surface area contributed by atoms with Crippen LogP contribution in [0.4, 0.5) is 4.39 Å². The van der Waals surface area contributed by atoms with E-state index in [2.05, 4.69) is 18.3 Å². The Morgan fingerprint density at radius 3 is 2.10 bits per heavy atom. The minimum Gasteiger partial charge on any atom is -0.487 e. The lowest BCUT2D eigenvalue weighted by Gasteiger charge is -2.31. The van der Waals surface area contributed by atoms with E-state index < -0.39 is 12.2 Å². The predicted molar refractivity (Wildman–Crippen MR) is 108 cm³/mol. The van der Waals surface area contributed by atoms with Crippen LogP contribution in [0.3, 0.4) is 0 Å². The number of fused-ring (bicyclic) bond motifs is 2. The summed E-state index contributed by atoms with van der Waals surface area (Å²) in [6, 6.07) is 10.6. The van der Waals surface area contributed by atoms with Crippen molar-refractivity contribution in [3.63, 3.8) is 0 Å². The number of aliphatic hydroxyl groups excluding tert-OH is 2. The minimum absolute atomic E-state index is 0.262. The molecule has 2 aromatic carbocycles. The van der Waals surface area contributed by atoms with Gasteiger partial charge < -0.3 is 25.0 Å². The molecule has 0 aromatic heterocycles. The van der Waals surface area contributed by atoms with Crippen molar-refractivity contribution < 1.29 is 24.1 Å². The van der Waals surface area contributed by atoms with Gasteiger partial charge in [0, 0.05) is 13.1 Å². The molecule has 6 heteroatoms. The summed E-state index contributed by atoms with van der Waals surface area (Å²) in [6.45, 7) is 2.70. The molecule has 156 valence electrons. The molecule has 0 radical (unpaired) electrons. The van der Waals surface area contributed by atoms with Gasteiger partial charge >= 0.3 is 0 Å². The number of hydrogen-bond acceptors (Lipinski definition) is 5. The van der Waals surface area contributed by atoms with Crippen LogP contribution in [-0.4, -0.2) is 47.7 Å². The second-order valence-corrected chi connectivity index (χ2v) is 8.05. The molecular weight excluding hydrogens is 373 g/mol. The van der Waals surface area contributed by atoms with Crippen molar-refractivity contribution in [3.8, 4) is 11.5 Å². The van der Waals surface area contributed by atoms with Crippen LogP contribution in [0, 0.1) is 12.7 Å². The topological polar surface area (TPSA) is 71.0 Å². The first-order chi connectivity index (χ1) is 14.0. The zero-order valence-electron chi connectivity index (χ0n) is 16.6. The summed E-state index contributed by atoms with van der Waals surface area (Å²) in [7, 11) is 0. The molecule has 29 heavy (non-hydrogen) atoms. The Bertz CT molecular complexity index is 789. The monoisotopic (exact) mass is 401 g/mol. The van der Waals surface area contributed by atoms with Crippen molar-refractivity contribution >= 4 is 0 Å². The lowest BCUT2D eigenvalue weighted by molar-refractivity contribution is 0.00896. The second kappa shape index (κ2) is 8.69. The van der Waals surface area contributed by atoms with E-state index in [0.717, 1.165) is 24.2 Å². The molecule has 0 bridgehead atoms. The Morgan fingerprint density at radius 1 is 0.931 bits per heavy atom. The SMILES string of the molecule is Cc1ccc2c(c1)CC[C@H](C(O)CNC[C@@H](O)[C@H]1CCc3cc(F)ccc3O1)O2. The molecule has 2 aliphatic heterocycles. The summed E-state index contributed by atoms with van der Waals surface area (Å²) >= 11 is 0. The molecule has 1 unspecified atom stereocenters. The van der Waals surface area contributed by atoms with Crippen molar-refractivity contribution in [2.75, 3.05) is 13.1 Å². The molecular formula is C23H28FNO4. The van der Waals surface area contributed by atoms with Crippen molar-refractivity contribution in [1.29, 1.82) is 0 Å². The quantitative estimate of drug-likeness (QED) is 0.694. The van der Waals surface area contributed by atoms with E-state index in [4.69, 9.17) is 9.47 Å². The molecule has 2 aliphatic rings. The van der Waals surface area contributed by atoms with Gasteiger partial charge in [0.1, 0.15) is 41.7 Å². The highest BCUT2D eigenvalue weighted by atomic mass is 19.1. The number of rotatable bonds is 6. The van der Waals surface area contributed by atoms with Crippen molar-refractivity contribution in [3.05, 3.63) is 58.9 Å². The number of benzene rings is 2. The van der Waals surface area contributed by atoms with E-state index >= 15 is 0 Å². The Labute approximate surface area is 170 Å². The van der Waals surface area contributed by atoms with Crippen molar-refractivity contribution in [2.45, 2.75) is 57.0 Å². The largest absolute Gasteiger partial charge is 0.487 e. The summed E-state index contributed by atoms with van der Waals surface area (Å²) in [4.78, 5) is 0. The highest BCUT2D eigenvalue weighted by molar-refractivity contribution is 5.38.